The molecular formula is C11H10N6O2. The number of rotatable bonds is 4. The predicted octanol–water partition coefficient (Wildman–Crippen LogP) is 1.15. The van der Waals surface area contributed by atoms with E-state index in [-0.39, 0.29) is 11.5 Å². The topological polar surface area (TPSA) is 110 Å². The first-order valence-corrected chi connectivity index (χ1v) is 5.38. The van der Waals surface area contributed by atoms with Gasteiger partial charge in [-0.15, -0.1) is 5.10 Å². The van der Waals surface area contributed by atoms with E-state index < -0.39 is 4.92 Å². The van der Waals surface area contributed by atoms with Crippen LogP contribution >= 0.6 is 0 Å². The number of nitrogens with zero attached hydrogens (tertiary/aromatic N) is 5. The number of non-ortho nitro benzene ring substituents is 1. The van der Waals surface area contributed by atoms with Crippen LogP contribution in [-0.2, 0) is 6.54 Å². The van der Waals surface area contributed by atoms with Gasteiger partial charge in [0.15, 0.2) is 0 Å². The number of anilines is 1. The number of aromatic nitrogens is 3. The summed E-state index contributed by atoms with van der Waals surface area (Å²) in [5.41, 5.74) is 1.47. The van der Waals surface area contributed by atoms with Crippen LogP contribution in [0.2, 0.25) is 0 Å². The van der Waals surface area contributed by atoms with E-state index >= 15 is 0 Å². The summed E-state index contributed by atoms with van der Waals surface area (Å²) in [4.78, 5) is 14.1. The van der Waals surface area contributed by atoms with Crippen LogP contribution < -0.4 is 5.32 Å². The fourth-order valence-corrected chi connectivity index (χ4v) is 1.66. The van der Waals surface area contributed by atoms with Crippen LogP contribution in [0.25, 0.3) is 0 Å². The number of hydrogen-bond donors (Lipinski definition) is 1. The standard InChI is InChI=1S/C11H10N6O2/c1-13-10-3-2-9(17(18)19)4-8(10)6-16-7-14-11(5-12)15-16/h2-4,7,13H,6H2,1H3. The van der Waals surface area contributed by atoms with Crippen molar-refractivity contribution in [3.8, 4) is 6.07 Å². The first-order valence-electron chi connectivity index (χ1n) is 5.38. The van der Waals surface area contributed by atoms with E-state index in [0.29, 0.717) is 12.1 Å². The molecule has 0 saturated heterocycles. The molecule has 1 heterocycles. The van der Waals surface area contributed by atoms with Crippen molar-refractivity contribution < 1.29 is 4.92 Å². The highest BCUT2D eigenvalue weighted by molar-refractivity contribution is 5.55. The Bertz CT molecular complexity index is 657. The second kappa shape index (κ2) is 5.14. The lowest BCUT2D eigenvalue weighted by Crippen LogP contribution is -2.05. The van der Waals surface area contributed by atoms with E-state index in [1.54, 1.807) is 13.1 Å². The Hall–Kier alpha value is -2.95. The number of nitro benzene ring substituents is 1. The summed E-state index contributed by atoms with van der Waals surface area (Å²) >= 11 is 0. The smallest absolute Gasteiger partial charge is 0.269 e. The minimum atomic E-state index is -0.453. The van der Waals surface area contributed by atoms with Gasteiger partial charge >= 0.3 is 0 Å². The number of hydrogen-bond acceptors (Lipinski definition) is 6. The second-order valence-corrected chi connectivity index (χ2v) is 3.73. The highest BCUT2D eigenvalue weighted by Crippen LogP contribution is 2.22. The second-order valence-electron chi connectivity index (χ2n) is 3.73. The molecule has 0 fully saturated rings. The summed E-state index contributed by atoms with van der Waals surface area (Å²) in [7, 11) is 1.73. The molecule has 0 aliphatic heterocycles. The number of nitro groups is 1. The summed E-state index contributed by atoms with van der Waals surface area (Å²) < 4.78 is 1.46. The Labute approximate surface area is 108 Å². The quantitative estimate of drug-likeness (QED) is 0.650. The minimum absolute atomic E-state index is 0.00891. The van der Waals surface area contributed by atoms with Crippen LogP contribution in [0.15, 0.2) is 24.5 Å². The predicted molar refractivity (Wildman–Crippen MR) is 66.5 cm³/mol. The van der Waals surface area contributed by atoms with E-state index in [4.69, 9.17) is 5.26 Å². The molecule has 2 aromatic rings. The zero-order valence-electron chi connectivity index (χ0n) is 10.1. The zero-order valence-corrected chi connectivity index (χ0v) is 10.1. The normalized spacial score (nSPS) is 9.89. The SMILES string of the molecule is CNc1ccc([N+](=O)[O-])cc1Cn1cnc(C#N)n1. The molecule has 8 nitrogen and oxygen atoms in total. The van der Waals surface area contributed by atoms with Crippen LogP contribution in [0.3, 0.4) is 0 Å². The van der Waals surface area contributed by atoms with Crippen molar-refractivity contribution in [2.75, 3.05) is 12.4 Å². The van der Waals surface area contributed by atoms with Gasteiger partial charge in [-0.05, 0) is 6.07 Å². The van der Waals surface area contributed by atoms with Gasteiger partial charge in [0.05, 0.1) is 11.5 Å². The molecule has 2 rings (SSSR count). The lowest BCUT2D eigenvalue weighted by molar-refractivity contribution is -0.384. The van der Waals surface area contributed by atoms with Crippen LogP contribution in [-0.4, -0.2) is 26.7 Å². The first kappa shape index (κ1) is 12.5. The largest absolute Gasteiger partial charge is 0.388 e. The van der Waals surface area contributed by atoms with Gasteiger partial charge in [0, 0.05) is 30.4 Å². The Kier molecular flexibility index (Phi) is 3.38. The Morgan fingerprint density at radius 3 is 2.95 bits per heavy atom. The lowest BCUT2D eigenvalue weighted by Gasteiger charge is -2.08. The molecule has 0 aliphatic carbocycles. The monoisotopic (exact) mass is 258 g/mol. The number of nitriles is 1. The molecule has 1 aromatic carbocycles. The Morgan fingerprint density at radius 1 is 1.58 bits per heavy atom. The first-order chi connectivity index (χ1) is 9.13. The molecule has 19 heavy (non-hydrogen) atoms. The third-order valence-electron chi connectivity index (χ3n) is 2.54. The summed E-state index contributed by atoms with van der Waals surface area (Å²) in [5.74, 6) is 0.0661. The van der Waals surface area contributed by atoms with Gasteiger partial charge in [-0.3, -0.25) is 10.1 Å². The van der Waals surface area contributed by atoms with Crippen LogP contribution in [0.4, 0.5) is 11.4 Å². The maximum atomic E-state index is 10.8. The van der Waals surface area contributed by atoms with Crippen molar-refractivity contribution in [2.45, 2.75) is 6.54 Å². The van der Waals surface area contributed by atoms with Crippen molar-refractivity contribution in [3.63, 3.8) is 0 Å². The summed E-state index contributed by atoms with van der Waals surface area (Å²) in [5, 5.41) is 26.3. The molecule has 1 aromatic heterocycles. The summed E-state index contributed by atoms with van der Waals surface area (Å²) in [6, 6.07) is 6.36. The van der Waals surface area contributed by atoms with E-state index in [9.17, 15) is 10.1 Å². The summed E-state index contributed by atoms with van der Waals surface area (Å²) in [6.07, 6.45) is 1.41. The highest BCUT2D eigenvalue weighted by atomic mass is 16.6. The zero-order chi connectivity index (χ0) is 13.8. The summed E-state index contributed by atoms with van der Waals surface area (Å²) in [6.45, 7) is 0.298. The maximum Gasteiger partial charge on any atom is 0.269 e. The fraction of sp³-hybridized carbons (Fsp3) is 0.182. The molecule has 0 saturated carbocycles. The van der Waals surface area contributed by atoms with Gasteiger partial charge in [-0.2, -0.15) is 5.26 Å². The van der Waals surface area contributed by atoms with E-state index in [0.717, 1.165) is 5.69 Å². The molecule has 0 amide bonds. The third-order valence-corrected chi connectivity index (χ3v) is 2.54. The molecule has 96 valence electrons. The van der Waals surface area contributed by atoms with Crippen LogP contribution in [0.5, 0.6) is 0 Å². The van der Waals surface area contributed by atoms with Gasteiger partial charge in [0.2, 0.25) is 0 Å². The van der Waals surface area contributed by atoms with Crippen molar-refractivity contribution in [1.82, 2.24) is 14.8 Å². The molecule has 0 radical (unpaired) electrons. The highest BCUT2D eigenvalue weighted by Gasteiger charge is 2.11. The number of nitrogens with one attached hydrogen (secondary N) is 1. The lowest BCUT2D eigenvalue weighted by atomic mass is 10.1. The van der Waals surface area contributed by atoms with Crippen LogP contribution in [0, 0.1) is 21.4 Å². The Balaban J connectivity index is 2.34. The van der Waals surface area contributed by atoms with Crippen molar-refractivity contribution in [2.24, 2.45) is 0 Å². The van der Waals surface area contributed by atoms with Gasteiger partial charge < -0.3 is 5.32 Å². The average Bonchev–Trinajstić information content (AvgIpc) is 2.86. The minimum Gasteiger partial charge on any atom is -0.388 e. The third kappa shape index (κ3) is 2.66. The van der Waals surface area contributed by atoms with Gasteiger partial charge in [-0.25, -0.2) is 9.67 Å². The van der Waals surface area contributed by atoms with E-state index in [1.165, 1.54) is 23.1 Å². The number of benzene rings is 1. The molecule has 0 bridgehead atoms. The van der Waals surface area contributed by atoms with E-state index in [2.05, 4.69) is 15.4 Å². The van der Waals surface area contributed by atoms with Gasteiger partial charge in [0.1, 0.15) is 12.4 Å². The molecule has 0 aliphatic rings. The Morgan fingerprint density at radius 2 is 2.37 bits per heavy atom. The maximum absolute atomic E-state index is 10.8. The molecule has 0 spiro atoms. The average molecular weight is 258 g/mol. The molecular weight excluding hydrogens is 248 g/mol. The van der Waals surface area contributed by atoms with Crippen LogP contribution in [0.1, 0.15) is 11.4 Å². The van der Waals surface area contributed by atoms with Gasteiger partial charge in [-0.1, -0.05) is 0 Å². The molecule has 1 N–H and O–H groups in total. The van der Waals surface area contributed by atoms with Crippen molar-refractivity contribution in [1.29, 1.82) is 5.26 Å². The molecule has 8 heteroatoms. The molecule has 0 atom stereocenters. The van der Waals surface area contributed by atoms with E-state index in [1.807, 2.05) is 6.07 Å². The molecule has 0 unspecified atom stereocenters. The van der Waals surface area contributed by atoms with Gasteiger partial charge in [0.25, 0.3) is 11.5 Å². The fourth-order valence-electron chi connectivity index (χ4n) is 1.66. The van der Waals surface area contributed by atoms with Crippen molar-refractivity contribution >= 4 is 11.4 Å². The van der Waals surface area contributed by atoms with Crippen molar-refractivity contribution in [3.05, 3.63) is 46.0 Å².